The summed E-state index contributed by atoms with van der Waals surface area (Å²) in [5.41, 5.74) is 0.0527. The fourth-order valence-electron chi connectivity index (χ4n) is 7.10. The van der Waals surface area contributed by atoms with Gasteiger partial charge in [0.1, 0.15) is 57.6 Å². The molecular formula is C44H64ClF6N7O4. The van der Waals surface area contributed by atoms with E-state index in [9.17, 15) is 35.9 Å². The fraction of sp³-hybridized carbons (Fsp3) is 0.636. The van der Waals surface area contributed by atoms with Gasteiger partial charge in [0.05, 0.1) is 12.1 Å². The molecule has 348 valence electrons. The number of rotatable bonds is 5. The summed E-state index contributed by atoms with van der Waals surface area (Å²) in [5.74, 6) is -2.05. The summed E-state index contributed by atoms with van der Waals surface area (Å²) in [5, 5.41) is 8.40. The summed E-state index contributed by atoms with van der Waals surface area (Å²) in [6, 6.07) is 4.25. The molecule has 2 fully saturated rings. The summed E-state index contributed by atoms with van der Waals surface area (Å²) in [7, 11) is 0. The van der Waals surface area contributed by atoms with E-state index in [0.29, 0.717) is 66.7 Å². The molecule has 0 radical (unpaired) electrons. The van der Waals surface area contributed by atoms with Crippen LogP contribution in [0.2, 0.25) is 0 Å². The molecule has 0 aromatic heterocycles. The standard InChI is InChI=1S/C18H22F3N3O2.C10H19FN2O2.C8H4ClF2N.C8H19N/c1-18(2,3)26-17(25)22-14-9-24(5-4-12(14)20)15-7-10-6-11(19)8-13(21)16(10)23-15;1-10(2,3)15-9(14)13-8-6-12-5-4-7(8)11;9-7-2-4-1-5(10)3-6(11)8(4)12-7;1-6-9(7(2)3)8(4)5/h6,8,12,14H,4-5,7,9H2,1-3H3,(H,22,25);7-8,12H,4-6H2,1-3H3,(H,13,14);1,3H,2H2;7-8H,6H2,1-5H3/t12-,14-;7-,8-;;/m11../s1. The highest BCUT2D eigenvalue weighted by molar-refractivity contribution is 6.66. The van der Waals surface area contributed by atoms with E-state index in [4.69, 9.17) is 21.1 Å². The Morgan fingerprint density at radius 1 is 0.806 bits per heavy atom. The number of ether oxygens (including phenoxy) is 2. The van der Waals surface area contributed by atoms with Gasteiger partial charge in [-0.3, -0.25) is 4.90 Å². The first-order valence-electron chi connectivity index (χ1n) is 21.0. The number of hydrogen-bond donors (Lipinski definition) is 3. The van der Waals surface area contributed by atoms with Crippen LogP contribution in [-0.2, 0) is 22.3 Å². The highest BCUT2D eigenvalue weighted by atomic mass is 35.5. The number of alkyl carbamates (subject to hydrolysis) is 2. The van der Waals surface area contributed by atoms with Crippen LogP contribution in [-0.4, -0.2) is 113 Å². The Morgan fingerprint density at radius 2 is 1.29 bits per heavy atom. The van der Waals surface area contributed by atoms with E-state index in [0.717, 1.165) is 18.7 Å². The predicted octanol–water partition coefficient (Wildman–Crippen LogP) is 9.61. The lowest BCUT2D eigenvalue weighted by Gasteiger charge is -2.36. The molecular weight excluding hydrogens is 840 g/mol. The van der Waals surface area contributed by atoms with Crippen molar-refractivity contribution in [2.24, 2.45) is 9.98 Å². The van der Waals surface area contributed by atoms with Crippen LogP contribution in [0.4, 0.5) is 47.3 Å². The molecule has 4 aliphatic rings. The zero-order valence-corrected chi connectivity index (χ0v) is 38.5. The number of carbonyl (C=O) groups is 2. The lowest BCUT2D eigenvalue weighted by molar-refractivity contribution is 0.0428. The number of likely N-dealkylation sites (tertiary alicyclic amines) is 1. The zero-order valence-electron chi connectivity index (χ0n) is 37.7. The summed E-state index contributed by atoms with van der Waals surface area (Å²) >= 11 is 5.56. The average Bonchev–Trinajstić information content (AvgIpc) is 3.73. The Bertz CT molecular complexity index is 1880. The van der Waals surface area contributed by atoms with Crippen LogP contribution in [0.15, 0.2) is 34.3 Å². The van der Waals surface area contributed by atoms with Crippen molar-refractivity contribution in [3.8, 4) is 0 Å². The molecule has 2 saturated heterocycles. The minimum absolute atomic E-state index is 0.125. The quantitative estimate of drug-likeness (QED) is 0.256. The van der Waals surface area contributed by atoms with Gasteiger partial charge in [-0.25, -0.2) is 45.9 Å². The number of nitrogens with one attached hydrogen (secondary N) is 3. The van der Waals surface area contributed by atoms with Crippen molar-refractivity contribution in [1.29, 1.82) is 0 Å². The molecule has 2 aromatic carbocycles. The summed E-state index contributed by atoms with van der Waals surface area (Å²) < 4.78 is 90.5. The Balaban J connectivity index is 0.000000241. The smallest absolute Gasteiger partial charge is 0.408 e. The minimum Gasteiger partial charge on any atom is -0.444 e. The molecule has 0 saturated carbocycles. The maximum atomic E-state index is 14.2. The van der Waals surface area contributed by atoms with Gasteiger partial charge < -0.3 is 30.3 Å². The average molecular weight is 904 g/mol. The van der Waals surface area contributed by atoms with Crippen LogP contribution in [0.3, 0.4) is 0 Å². The zero-order chi connectivity index (χ0) is 46.7. The molecule has 4 atom stereocenters. The SMILES string of the molecule is CC(C)(C)OC(=O)N[C@@H]1CN(C2=Nc3c(F)cc(F)cc3C2)CC[C@H]1F.CC(C)(C)OC(=O)N[C@@H]1CNCC[C@H]1F.CCN(C(C)C)C(C)C.Fc1cc(F)c2c(c1)CC(Cl)=N2. The van der Waals surface area contributed by atoms with E-state index in [1.54, 1.807) is 46.4 Å². The highest BCUT2D eigenvalue weighted by Crippen LogP contribution is 2.33. The predicted molar refractivity (Wildman–Crippen MR) is 233 cm³/mol. The van der Waals surface area contributed by atoms with Crippen molar-refractivity contribution in [1.82, 2.24) is 25.8 Å². The number of amidine groups is 1. The minimum atomic E-state index is -1.21. The Kier molecular flexibility index (Phi) is 19.4. The Morgan fingerprint density at radius 3 is 1.76 bits per heavy atom. The first-order valence-corrected chi connectivity index (χ1v) is 21.4. The van der Waals surface area contributed by atoms with Crippen LogP contribution in [0.5, 0.6) is 0 Å². The van der Waals surface area contributed by atoms with E-state index in [1.807, 2.05) is 0 Å². The Hall–Kier alpha value is -4.09. The summed E-state index contributed by atoms with van der Waals surface area (Å²) in [6.45, 7) is 24.5. The number of alkyl halides is 2. The number of aliphatic imine (C=N–C) groups is 2. The molecule has 0 spiro atoms. The molecule has 0 aliphatic carbocycles. The molecule has 4 heterocycles. The van der Waals surface area contributed by atoms with Gasteiger partial charge in [-0.2, -0.15) is 0 Å². The van der Waals surface area contributed by atoms with Gasteiger partial charge in [-0.15, -0.1) is 0 Å². The number of benzene rings is 2. The molecule has 0 unspecified atom stereocenters. The monoisotopic (exact) mass is 903 g/mol. The number of piperidine rings is 2. The second kappa shape index (κ2) is 23.0. The van der Waals surface area contributed by atoms with E-state index >= 15 is 0 Å². The largest absolute Gasteiger partial charge is 0.444 e. The number of hydrogen-bond acceptors (Lipinski definition) is 9. The maximum Gasteiger partial charge on any atom is 0.408 e. The highest BCUT2D eigenvalue weighted by Gasteiger charge is 2.35. The van der Waals surface area contributed by atoms with Gasteiger partial charge in [-0.1, -0.05) is 18.5 Å². The van der Waals surface area contributed by atoms with Crippen molar-refractivity contribution in [2.45, 2.75) is 150 Å². The van der Waals surface area contributed by atoms with Crippen LogP contribution in [0.1, 0.15) is 100 Å². The van der Waals surface area contributed by atoms with E-state index in [-0.39, 0.29) is 30.8 Å². The molecule has 11 nitrogen and oxygen atoms in total. The molecule has 18 heteroatoms. The van der Waals surface area contributed by atoms with Crippen molar-refractivity contribution in [3.63, 3.8) is 0 Å². The second-order valence-corrected chi connectivity index (χ2v) is 18.4. The molecule has 2 amide bonds. The van der Waals surface area contributed by atoms with Crippen molar-refractivity contribution >= 4 is 46.2 Å². The van der Waals surface area contributed by atoms with Crippen LogP contribution in [0, 0.1) is 23.3 Å². The number of halogens is 7. The van der Waals surface area contributed by atoms with Gasteiger partial charge in [0.25, 0.3) is 0 Å². The Labute approximate surface area is 367 Å². The van der Waals surface area contributed by atoms with Gasteiger partial charge in [0, 0.05) is 56.7 Å². The lowest BCUT2D eigenvalue weighted by atomic mass is 10.0. The number of nitrogens with zero attached hydrogens (tertiary/aromatic N) is 4. The summed E-state index contributed by atoms with van der Waals surface area (Å²) in [4.78, 5) is 35.5. The lowest BCUT2D eigenvalue weighted by Crippen LogP contribution is -2.55. The van der Waals surface area contributed by atoms with Crippen molar-refractivity contribution < 1.29 is 45.4 Å². The first kappa shape index (κ1) is 52.3. The third-order valence-corrected chi connectivity index (χ3v) is 9.98. The normalized spacial score (nSPS) is 20.6. The van der Waals surface area contributed by atoms with Crippen LogP contribution in [0.25, 0.3) is 0 Å². The van der Waals surface area contributed by atoms with Crippen molar-refractivity contribution in [2.75, 3.05) is 32.7 Å². The molecule has 3 N–H and O–H groups in total. The molecule has 0 bridgehead atoms. The van der Waals surface area contributed by atoms with Crippen molar-refractivity contribution in [3.05, 3.63) is 58.7 Å². The molecule has 6 rings (SSSR count). The number of amides is 2. The third kappa shape index (κ3) is 16.9. The fourth-order valence-corrected chi connectivity index (χ4v) is 7.33. The van der Waals surface area contributed by atoms with Gasteiger partial charge in [0.2, 0.25) is 0 Å². The topological polar surface area (TPSA) is 120 Å². The number of fused-ring (bicyclic) bond motifs is 2. The van der Waals surface area contributed by atoms with Crippen LogP contribution >= 0.6 is 11.6 Å². The van der Waals surface area contributed by atoms with Crippen LogP contribution < -0.4 is 16.0 Å². The van der Waals surface area contributed by atoms with E-state index < -0.39 is 71.1 Å². The molecule has 2 aromatic rings. The van der Waals surface area contributed by atoms with E-state index in [1.165, 1.54) is 12.1 Å². The third-order valence-electron chi connectivity index (χ3n) is 9.76. The summed E-state index contributed by atoms with van der Waals surface area (Å²) in [6.07, 6.45) is -2.20. The number of carbonyl (C=O) groups excluding carboxylic acids is 2. The molecule has 4 aliphatic heterocycles. The van der Waals surface area contributed by atoms with E-state index in [2.05, 4.69) is 65.5 Å². The first-order chi connectivity index (χ1) is 28.8. The van der Waals surface area contributed by atoms with Gasteiger partial charge >= 0.3 is 12.2 Å². The molecule has 62 heavy (non-hydrogen) atoms. The van der Waals surface area contributed by atoms with Gasteiger partial charge in [-0.05, 0) is 118 Å². The second-order valence-electron chi connectivity index (χ2n) is 17.9. The van der Waals surface area contributed by atoms with Gasteiger partial charge in [0.15, 0.2) is 11.6 Å². The maximum absolute atomic E-state index is 14.2.